The first-order valence-electron chi connectivity index (χ1n) is 49.7. The standard InChI is InChI=1S/C52H32N.C48H29N.C40H24O/c1-2-16-33-32(14-1)15-11-25-34(33)37-30-31-43(36-18-4-3-17-35(36)37)49-39-20-6-8-22-41(39)50(42-23-9-7-21-40(42)49)46-27-12-26-45-48-29-13-28-47-38-19-5-10-24-44(38)52(51(45)46)53(47)48;1-2-13-30(14-3-1)32-27-28-41(34-16-5-4-15-33(32)34)47-39-20-8-6-18-37(39)46(38-19-7-9-21-40(38)47)31-25-26-36-43-23-12-22-42-35-17-10-11-24-44(35)49(48(42)43)45(36)29-31;1-3-13-28-25(10-1)12-9-19-30(28)39-33-17-7-5-15-31(33)38(32-16-6-8-18-34(32)39)27-21-22-36-35(24-27)40-29-14-4-2-11-26(29)20-23-37(40)41-36/h1-31,52H;1-29H;1-24H/q+1;;. The van der Waals surface area contributed by atoms with Gasteiger partial charge in [-0.2, -0.15) is 4.57 Å². The fourth-order valence-electron chi connectivity index (χ4n) is 25.4. The molecular formula is C140H85N2O+. The summed E-state index contributed by atoms with van der Waals surface area (Å²) in [7, 11) is 0. The van der Waals surface area contributed by atoms with Crippen molar-refractivity contribution in [2.75, 3.05) is 0 Å². The van der Waals surface area contributed by atoms with E-state index in [0.717, 1.165) is 16.6 Å². The van der Waals surface area contributed by atoms with E-state index < -0.39 is 0 Å². The zero-order chi connectivity index (χ0) is 93.6. The van der Waals surface area contributed by atoms with Crippen LogP contribution < -0.4 is 4.57 Å². The van der Waals surface area contributed by atoms with Crippen molar-refractivity contribution in [3.63, 3.8) is 0 Å². The summed E-state index contributed by atoms with van der Waals surface area (Å²) < 4.78 is 11.4. The van der Waals surface area contributed by atoms with Gasteiger partial charge in [-0.05, 0) is 256 Å². The Hall–Kier alpha value is -18.7. The van der Waals surface area contributed by atoms with Crippen LogP contribution in [0, 0.1) is 0 Å². The van der Waals surface area contributed by atoms with Crippen LogP contribution in [0.4, 0.5) is 0 Å². The van der Waals surface area contributed by atoms with Crippen molar-refractivity contribution in [2.24, 2.45) is 0 Å². The number of nitrogens with zero attached hydrogens (tertiary/aromatic N) is 2. The molecule has 0 aliphatic carbocycles. The second-order valence-corrected chi connectivity index (χ2v) is 38.5. The molecule has 6 heterocycles. The van der Waals surface area contributed by atoms with Crippen LogP contribution in [0.25, 0.3) is 290 Å². The lowest BCUT2D eigenvalue weighted by atomic mass is 9.81. The Labute approximate surface area is 824 Å². The van der Waals surface area contributed by atoms with Crippen molar-refractivity contribution in [1.82, 2.24) is 4.40 Å². The summed E-state index contributed by atoms with van der Waals surface area (Å²) in [5, 5.41) is 35.4. The van der Waals surface area contributed by atoms with E-state index in [0.29, 0.717) is 0 Å². The Bertz CT molecular complexity index is 10500. The molecule has 0 fully saturated rings. The topological polar surface area (TPSA) is 21.4 Å². The second kappa shape index (κ2) is 32.0. The third-order valence-corrected chi connectivity index (χ3v) is 31.3. The molecule has 0 bridgehead atoms. The minimum absolute atomic E-state index is 0.145. The number of para-hydroxylation sites is 2. The fraction of sp³-hybridized carbons (Fsp3) is 0.00714. The van der Waals surface area contributed by atoms with Crippen LogP contribution in [0.2, 0.25) is 0 Å². The van der Waals surface area contributed by atoms with Crippen LogP contribution >= 0.6 is 0 Å². The number of pyridine rings is 1. The third kappa shape index (κ3) is 12.1. The number of fused-ring (bicyclic) bond motifs is 27. The summed E-state index contributed by atoms with van der Waals surface area (Å²) in [6, 6.07) is 188. The molecule has 0 saturated heterocycles. The number of rotatable bonds is 8. The van der Waals surface area contributed by atoms with Crippen LogP contribution in [0.1, 0.15) is 17.2 Å². The zero-order valence-corrected chi connectivity index (χ0v) is 77.9. The van der Waals surface area contributed by atoms with E-state index >= 15 is 0 Å². The lowest BCUT2D eigenvalue weighted by molar-refractivity contribution is -0.672. The summed E-state index contributed by atoms with van der Waals surface area (Å²) in [5.41, 5.74) is 34.0. The fourth-order valence-corrected chi connectivity index (χ4v) is 25.4. The lowest BCUT2D eigenvalue weighted by Gasteiger charge is -2.21. The monoisotopic (exact) mass is 1810 g/mol. The number of furan rings is 1. The Morgan fingerprint density at radius 1 is 0.175 bits per heavy atom. The lowest BCUT2D eigenvalue weighted by Crippen LogP contribution is -2.36. The predicted octanol–water partition coefficient (Wildman–Crippen LogP) is 38.0. The van der Waals surface area contributed by atoms with E-state index in [2.05, 4.69) is 519 Å². The van der Waals surface area contributed by atoms with Gasteiger partial charge in [-0.25, -0.2) is 0 Å². The molecular weight excluding hydrogens is 1730 g/mol. The van der Waals surface area contributed by atoms with E-state index in [1.165, 1.54) is 285 Å². The van der Waals surface area contributed by atoms with Crippen molar-refractivity contribution in [3.8, 4) is 112 Å². The van der Waals surface area contributed by atoms with Gasteiger partial charge >= 0.3 is 0 Å². The maximum absolute atomic E-state index is 6.34. The van der Waals surface area contributed by atoms with Crippen LogP contribution in [0.15, 0.2) is 514 Å². The molecule has 2 aliphatic rings. The molecule has 0 spiro atoms. The summed E-state index contributed by atoms with van der Waals surface area (Å²) in [6.07, 6.45) is 0. The molecule has 3 heteroatoms. The van der Waals surface area contributed by atoms with Crippen LogP contribution in [0.5, 0.6) is 0 Å². The van der Waals surface area contributed by atoms with E-state index in [1.54, 1.807) is 0 Å². The Kier molecular flexibility index (Phi) is 18.0. The number of hydrogen-bond donors (Lipinski definition) is 0. The van der Waals surface area contributed by atoms with Gasteiger partial charge in [-0.1, -0.05) is 449 Å². The molecule has 143 heavy (non-hydrogen) atoms. The van der Waals surface area contributed by atoms with Crippen molar-refractivity contribution < 1.29 is 8.98 Å². The normalized spacial score (nSPS) is 12.7. The first kappa shape index (κ1) is 80.4. The average Bonchev–Trinajstić information content (AvgIpc) is 1.49. The van der Waals surface area contributed by atoms with Gasteiger partial charge in [0.1, 0.15) is 11.2 Å². The molecule has 1 unspecified atom stereocenters. The zero-order valence-electron chi connectivity index (χ0n) is 77.9. The highest BCUT2D eigenvalue weighted by molar-refractivity contribution is 6.31. The first-order chi connectivity index (χ1) is 71.0. The van der Waals surface area contributed by atoms with Crippen LogP contribution in [0.3, 0.4) is 0 Å². The predicted molar refractivity (Wildman–Crippen MR) is 606 cm³/mol. The molecule has 0 amide bonds. The maximum Gasteiger partial charge on any atom is 0.214 e. The SMILES string of the molecule is c1ccc(-c2ccc(-c3c4ccccc4c(-c4ccc5c6cccc7c8ccccc8n(c5c4)c76)c4ccccc34)c3ccccc23)cc1.c1ccc2c(-c3c4ccccc4c(-c4ccc5oc6ccc7ccccc7c6c5c4)c4ccccc34)cccc2c1.c1ccc2c(c1)-c1cccc3[n+]1C2c1c(-c2c4ccccc4c(-c4ccc(-c5cccc6ccccc56)c5ccccc45)c4ccccc24)cccc1-3. The van der Waals surface area contributed by atoms with Crippen molar-refractivity contribution in [3.05, 3.63) is 521 Å². The quantitative estimate of drug-likeness (QED) is 0.110. The Balaban J connectivity index is 0.000000101. The van der Waals surface area contributed by atoms with E-state index in [-0.39, 0.29) is 6.04 Å². The van der Waals surface area contributed by atoms with Crippen molar-refractivity contribution in [2.45, 2.75) is 6.04 Å². The van der Waals surface area contributed by atoms with E-state index in [4.69, 9.17) is 4.42 Å². The highest BCUT2D eigenvalue weighted by Crippen LogP contribution is 2.57. The van der Waals surface area contributed by atoms with Gasteiger partial charge in [-0.15, -0.1) is 0 Å². The highest BCUT2D eigenvalue weighted by Gasteiger charge is 2.48. The average molecular weight is 1810 g/mol. The minimum Gasteiger partial charge on any atom is -0.456 e. The van der Waals surface area contributed by atoms with E-state index in [1.807, 2.05) is 0 Å². The molecule has 0 radical (unpaired) electrons. The summed E-state index contributed by atoms with van der Waals surface area (Å²) in [4.78, 5) is 0. The first-order valence-corrected chi connectivity index (χ1v) is 49.7. The van der Waals surface area contributed by atoms with Crippen LogP contribution in [-0.2, 0) is 0 Å². The van der Waals surface area contributed by atoms with Gasteiger partial charge in [0.05, 0.1) is 27.7 Å². The minimum atomic E-state index is 0.145. The number of aromatic nitrogens is 2. The Morgan fingerprint density at radius 2 is 0.510 bits per heavy atom. The Morgan fingerprint density at radius 3 is 1.08 bits per heavy atom. The summed E-state index contributed by atoms with van der Waals surface area (Å²) in [6.45, 7) is 0. The molecule has 26 aromatic carbocycles. The molecule has 0 saturated carbocycles. The molecule has 30 aromatic rings. The molecule has 1 atom stereocenters. The van der Waals surface area contributed by atoms with Gasteiger partial charge in [-0.3, -0.25) is 0 Å². The number of hydrogen-bond acceptors (Lipinski definition) is 1. The van der Waals surface area contributed by atoms with Crippen molar-refractivity contribution >= 4 is 179 Å². The van der Waals surface area contributed by atoms with Gasteiger partial charge < -0.3 is 8.82 Å². The van der Waals surface area contributed by atoms with E-state index in [9.17, 15) is 0 Å². The molecule has 32 rings (SSSR count). The van der Waals surface area contributed by atoms with Gasteiger partial charge in [0.2, 0.25) is 17.4 Å². The highest BCUT2D eigenvalue weighted by atomic mass is 16.3. The summed E-state index contributed by atoms with van der Waals surface area (Å²) in [5.74, 6) is 0. The molecule has 660 valence electrons. The number of benzene rings is 26. The molecule has 0 N–H and O–H groups in total. The second-order valence-electron chi connectivity index (χ2n) is 38.5. The van der Waals surface area contributed by atoms with Crippen LogP contribution in [-0.4, -0.2) is 4.40 Å². The smallest absolute Gasteiger partial charge is 0.214 e. The largest absolute Gasteiger partial charge is 0.456 e. The van der Waals surface area contributed by atoms with Gasteiger partial charge in [0.25, 0.3) is 0 Å². The van der Waals surface area contributed by atoms with Gasteiger partial charge in [0, 0.05) is 55.6 Å². The molecule has 2 aliphatic heterocycles. The summed E-state index contributed by atoms with van der Waals surface area (Å²) >= 11 is 0. The molecule has 3 nitrogen and oxygen atoms in total. The third-order valence-electron chi connectivity index (χ3n) is 31.3. The maximum atomic E-state index is 6.34. The van der Waals surface area contributed by atoms with Gasteiger partial charge in [0.15, 0.2) is 0 Å². The molecule has 4 aromatic heterocycles. The van der Waals surface area contributed by atoms with Crippen molar-refractivity contribution in [1.29, 1.82) is 0 Å².